The Labute approximate surface area is 139 Å². The minimum Gasteiger partial charge on any atom is -0.466 e. The van der Waals surface area contributed by atoms with E-state index in [1.54, 1.807) is 0 Å². The molecule has 0 bridgehead atoms. The van der Waals surface area contributed by atoms with Crippen molar-refractivity contribution in [2.45, 2.75) is 63.9 Å². The minimum absolute atomic E-state index is 0.0105. The maximum absolute atomic E-state index is 11.6. The number of aryl methyl sites for hydroxylation is 1. The standard InChI is InChI=1S/C20H28O3/c1-2-23-20(22)19-13-17(19)11-8-14-6-9-15(10-7-14)16-4-3-5-18(21)12-16/h6-7,9-10,16-19,21H,2-5,8,11-13H2,1H3/t16-,17+,18-,19+/m1/s1. The van der Waals surface area contributed by atoms with Gasteiger partial charge in [-0.15, -0.1) is 0 Å². The molecule has 126 valence electrons. The Bertz CT molecular complexity index is 522. The lowest BCUT2D eigenvalue weighted by molar-refractivity contribution is -0.145. The van der Waals surface area contributed by atoms with Crippen LogP contribution in [0.2, 0.25) is 0 Å². The first kappa shape index (κ1) is 16.5. The van der Waals surface area contributed by atoms with Crippen molar-refractivity contribution < 1.29 is 14.6 Å². The summed E-state index contributed by atoms with van der Waals surface area (Å²) in [6.45, 7) is 2.35. The molecule has 2 saturated carbocycles. The first-order chi connectivity index (χ1) is 11.2. The van der Waals surface area contributed by atoms with Crippen LogP contribution in [-0.2, 0) is 16.0 Å². The third-order valence-corrected chi connectivity index (χ3v) is 5.41. The molecule has 1 aromatic rings. The molecule has 0 radical (unpaired) electrons. The van der Waals surface area contributed by atoms with E-state index in [1.807, 2.05) is 6.92 Å². The zero-order valence-electron chi connectivity index (χ0n) is 14.0. The van der Waals surface area contributed by atoms with Gasteiger partial charge in [0, 0.05) is 0 Å². The zero-order chi connectivity index (χ0) is 16.2. The molecule has 3 rings (SSSR count). The van der Waals surface area contributed by atoms with Gasteiger partial charge in [-0.2, -0.15) is 0 Å². The van der Waals surface area contributed by atoms with Crippen molar-refractivity contribution in [3.8, 4) is 0 Å². The molecular formula is C20H28O3. The smallest absolute Gasteiger partial charge is 0.309 e. The largest absolute Gasteiger partial charge is 0.466 e. The monoisotopic (exact) mass is 316 g/mol. The SMILES string of the molecule is CCOC(=O)[C@H]1C[C@@H]1CCc1ccc([C@@H]2CCC[C@@H](O)C2)cc1. The lowest BCUT2D eigenvalue weighted by atomic mass is 9.82. The van der Waals surface area contributed by atoms with Crippen molar-refractivity contribution in [1.82, 2.24) is 0 Å². The van der Waals surface area contributed by atoms with Gasteiger partial charge in [0.05, 0.1) is 18.6 Å². The molecule has 0 unspecified atom stereocenters. The van der Waals surface area contributed by atoms with Crippen LogP contribution >= 0.6 is 0 Å². The van der Waals surface area contributed by atoms with Crippen LogP contribution in [0.4, 0.5) is 0 Å². The molecule has 0 spiro atoms. The van der Waals surface area contributed by atoms with Crippen LogP contribution in [0.25, 0.3) is 0 Å². The van der Waals surface area contributed by atoms with Gasteiger partial charge < -0.3 is 9.84 Å². The van der Waals surface area contributed by atoms with E-state index in [1.165, 1.54) is 17.5 Å². The Balaban J connectivity index is 1.46. The number of benzene rings is 1. The van der Waals surface area contributed by atoms with E-state index in [0.717, 1.165) is 38.5 Å². The number of carbonyl (C=O) groups is 1. The number of aliphatic hydroxyl groups is 1. The fourth-order valence-corrected chi connectivity index (χ4v) is 3.88. The highest BCUT2D eigenvalue weighted by Gasteiger charge is 2.43. The van der Waals surface area contributed by atoms with Crippen molar-refractivity contribution in [2.75, 3.05) is 6.61 Å². The summed E-state index contributed by atoms with van der Waals surface area (Å²) < 4.78 is 5.08. The van der Waals surface area contributed by atoms with Crippen LogP contribution in [-0.4, -0.2) is 23.8 Å². The van der Waals surface area contributed by atoms with Gasteiger partial charge in [-0.3, -0.25) is 4.79 Å². The third kappa shape index (κ3) is 4.35. The summed E-state index contributed by atoms with van der Waals surface area (Å²) in [5.41, 5.74) is 2.71. The van der Waals surface area contributed by atoms with Gasteiger partial charge >= 0.3 is 5.97 Å². The fraction of sp³-hybridized carbons (Fsp3) is 0.650. The summed E-state index contributed by atoms with van der Waals surface area (Å²) in [6.07, 6.45) is 7.17. The van der Waals surface area contributed by atoms with E-state index >= 15 is 0 Å². The molecule has 3 heteroatoms. The molecule has 0 aliphatic heterocycles. The van der Waals surface area contributed by atoms with Gasteiger partial charge in [-0.25, -0.2) is 0 Å². The van der Waals surface area contributed by atoms with Crippen LogP contribution in [0.15, 0.2) is 24.3 Å². The Morgan fingerprint density at radius 1 is 1.22 bits per heavy atom. The first-order valence-electron chi connectivity index (χ1n) is 9.11. The van der Waals surface area contributed by atoms with Gasteiger partial charge in [0.15, 0.2) is 0 Å². The summed E-state index contributed by atoms with van der Waals surface area (Å²) in [7, 11) is 0. The molecule has 2 aliphatic carbocycles. The van der Waals surface area contributed by atoms with E-state index in [-0.39, 0.29) is 18.0 Å². The zero-order valence-corrected chi connectivity index (χ0v) is 14.0. The number of hydrogen-bond donors (Lipinski definition) is 1. The Hall–Kier alpha value is -1.35. The van der Waals surface area contributed by atoms with Gasteiger partial charge in [-0.05, 0) is 68.4 Å². The molecule has 0 saturated heterocycles. The van der Waals surface area contributed by atoms with Gasteiger partial charge in [0.2, 0.25) is 0 Å². The first-order valence-corrected chi connectivity index (χ1v) is 9.11. The number of rotatable bonds is 6. The molecule has 0 amide bonds. The number of ether oxygens (including phenoxy) is 1. The Morgan fingerprint density at radius 2 is 2.00 bits per heavy atom. The maximum atomic E-state index is 11.6. The van der Waals surface area contributed by atoms with E-state index < -0.39 is 0 Å². The van der Waals surface area contributed by atoms with Crippen molar-refractivity contribution in [1.29, 1.82) is 0 Å². The van der Waals surface area contributed by atoms with Crippen molar-refractivity contribution in [3.05, 3.63) is 35.4 Å². The fourth-order valence-electron chi connectivity index (χ4n) is 3.88. The second-order valence-electron chi connectivity index (χ2n) is 7.15. The third-order valence-electron chi connectivity index (χ3n) is 5.41. The van der Waals surface area contributed by atoms with E-state index in [4.69, 9.17) is 4.74 Å². The highest BCUT2D eigenvalue weighted by atomic mass is 16.5. The quantitative estimate of drug-likeness (QED) is 0.811. The van der Waals surface area contributed by atoms with Crippen LogP contribution < -0.4 is 0 Å². The normalized spacial score (nSPS) is 30.0. The lowest BCUT2D eigenvalue weighted by Gasteiger charge is -2.26. The molecule has 1 aromatic carbocycles. The number of esters is 1. The molecule has 2 fully saturated rings. The second-order valence-corrected chi connectivity index (χ2v) is 7.15. The molecule has 4 atom stereocenters. The van der Waals surface area contributed by atoms with Gasteiger partial charge in [0.25, 0.3) is 0 Å². The minimum atomic E-state index is -0.122. The van der Waals surface area contributed by atoms with E-state index in [9.17, 15) is 9.90 Å². The Morgan fingerprint density at radius 3 is 2.70 bits per heavy atom. The van der Waals surface area contributed by atoms with Crippen LogP contribution in [0, 0.1) is 11.8 Å². The number of hydrogen-bond acceptors (Lipinski definition) is 3. The summed E-state index contributed by atoms with van der Waals surface area (Å²) in [5, 5.41) is 9.82. The highest BCUT2D eigenvalue weighted by Crippen LogP contribution is 2.43. The van der Waals surface area contributed by atoms with E-state index in [2.05, 4.69) is 24.3 Å². The average Bonchev–Trinajstić information content (AvgIpc) is 3.33. The molecule has 0 heterocycles. The van der Waals surface area contributed by atoms with Gasteiger partial charge in [-0.1, -0.05) is 30.7 Å². The highest BCUT2D eigenvalue weighted by molar-refractivity contribution is 5.75. The molecule has 23 heavy (non-hydrogen) atoms. The number of carbonyl (C=O) groups excluding carboxylic acids is 1. The predicted molar refractivity (Wildman–Crippen MR) is 90.2 cm³/mol. The second kappa shape index (κ2) is 7.48. The summed E-state index contributed by atoms with van der Waals surface area (Å²) in [5.74, 6) is 1.17. The molecular weight excluding hydrogens is 288 g/mol. The molecule has 3 nitrogen and oxygen atoms in total. The summed E-state index contributed by atoms with van der Waals surface area (Å²) in [4.78, 5) is 11.6. The molecule has 1 N–H and O–H groups in total. The summed E-state index contributed by atoms with van der Waals surface area (Å²) >= 11 is 0. The predicted octanol–water partition coefficient (Wildman–Crippen LogP) is 3.84. The van der Waals surface area contributed by atoms with Crippen molar-refractivity contribution in [2.24, 2.45) is 11.8 Å². The number of aliphatic hydroxyl groups excluding tert-OH is 1. The van der Waals surface area contributed by atoms with Crippen LogP contribution in [0.5, 0.6) is 0 Å². The topological polar surface area (TPSA) is 46.5 Å². The van der Waals surface area contributed by atoms with Crippen LogP contribution in [0.3, 0.4) is 0 Å². The van der Waals surface area contributed by atoms with Gasteiger partial charge in [0.1, 0.15) is 0 Å². The maximum Gasteiger partial charge on any atom is 0.309 e. The van der Waals surface area contributed by atoms with Crippen molar-refractivity contribution in [3.63, 3.8) is 0 Å². The Kier molecular flexibility index (Phi) is 5.37. The van der Waals surface area contributed by atoms with Crippen molar-refractivity contribution >= 4 is 5.97 Å². The summed E-state index contributed by atoms with van der Waals surface area (Å²) in [6, 6.07) is 8.90. The van der Waals surface area contributed by atoms with Crippen LogP contribution in [0.1, 0.15) is 62.5 Å². The lowest BCUT2D eigenvalue weighted by Crippen LogP contribution is -2.18. The van der Waals surface area contributed by atoms with E-state index in [0.29, 0.717) is 18.4 Å². The molecule has 2 aliphatic rings. The average molecular weight is 316 g/mol. The molecule has 0 aromatic heterocycles.